The van der Waals surface area contributed by atoms with Crippen LogP contribution in [0.1, 0.15) is 58.8 Å². The molecule has 1 unspecified atom stereocenters. The van der Waals surface area contributed by atoms with E-state index in [1.54, 1.807) is 7.11 Å². The van der Waals surface area contributed by atoms with Gasteiger partial charge in [-0.25, -0.2) is 0 Å². The fourth-order valence-electron chi connectivity index (χ4n) is 3.99. The Balaban J connectivity index is 0.00000312. The summed E-state index contributed by atoms with van der Waals surface area (Å²) in [5.41, 5.74) is 0.388. The molecular weight excluding hydrogens is 427 g/mol. The van der Waals surface area contributed by atoms with Crippen molar-refractivity contribution in [2.45, 2.75) is 64.8 Å². The molecule has 0 radical (unpaired) electrons. The summed E-state index contributed by atoms with van der Waals surface area (Å²) in [6.45, 7) is 10.5. The van der Waals surface area contributed by atoms with Crippen LogP contribution in [0.4, 0.5) is 0 Å². The molecule has 0 amide bonds. The van der Waals surface area contributed by atoms with E-state index in [2.05, 4.69) is 29.4 Å². The second-order valence-corrected chi connectivity index (χ2v) is 7.45. The first kappa shape index (κ1) is 23.0. The predicted molar refractivity (Wildman–Crippen MR) is 117 cm³/mol. The van der Waals surface area contributed by atoms with Crippen LogP contribution in [0.3, 0.4) is 0 Å². The van der Waals surface area contributed by atoms with E-state index in [1.165, 1.54) is 45.1 Å². The molecule has 0 aromatic rings. The maximum absolute atomic E-state index is 5.29. The molecule has 0 aromatic heterocycles. The van der Waals surface area contributed by atoms with E-state index in [-0.39, 0.29) is 24.0 Å². The average molecular weight is 466 g/mol. The fourth-order valence-corrected chi connectivity index (χ4v) is 3.99. The summed E-state index contributed by atoms with van der Waals surface area (Å²) in [5.74, 6) is 0.989. The normalized spacial score (nSPS) is 23.5. The third-order valence-electron chi connectivity index (χ3n) is 5.83. The number of aliphatic imine (C=N–C) groups is 1. The Labute approximate surface area is 171 Å². The van der Waals surface area contributed by atoms with E-state index in [0.717, 1.165) is 45.2 Å². The van der Waals surface area contributed by atoms with Gasteiger partial charge in [0.25, 0.3) is 0 Å². The highest BCUT2D eigenvalue weighted by molar-refractivity contribution is 14.0. The van der Waals surface area contributed by atoms with Crippen molar-refractivity contribution in [1.29, 1.82) is 0 Å². The van der Waals surface area contributed by atoms with Crippen LogP contribution >= 0.6 is 24.0 Å². The lowest BCUT2D eigenvalue weighted by atomic mass is 9.67. The molecule has 0 bridgehead atoms. The number of halogens is 1. The van der Waals surface area contributed by atoms with Gasteiger partial charge < -0.3 is 15.4 Å². The van der Waals surface area contributed by atoms with Gasteiger partial charge in [0.2, 0.25) is 0 Å². The lowest BCUT2D eigenvalue weighted by molar-refractivity contribution is 0.0778. The SMILES string of the molecule is CCNC(=NCC1(CCOC)CCC1)NCC1CCCCN1CC.I. The molecular formula is C19H39IN4O. The zero-order chi connectivity index (χ0) is 17.3. The summed E-state index contributed by atoms with van der Waals surface area (Å²) in [4.78, 5) is 7.52. The largest absolute Gasteiger partial charge is 0.385 e. The first-order chi connectivity index (χ1) is 11.7. The summed E-state index contributed by atoms with van der Waals surface area (Å²) in [5, 5.41) is 7.02. The van der Waals surface area contributed by atoms with Crippen molar-refractivity contribution in [1.82, 2.24) is 15.5 Å². The molecule has 1 atom stereocenters. The van der Waals surface area contributed by atoms with Crippen molar-refractivity contribution < 1.29 is 4.74 Å². The molecule has 0 spiro atoms. The number of likely N-dealkylation sites (tertiary alicyclic amines) is 1. The van der Waals surface area contributed by atoms with Crippen molar-refractivity contribution >= 4 is 29.9 Å². The minimum Gasteiger partial charge on any atom is -0.385 e. The highest BCUT2D eigenvalue weighted by atomic mass is 127. The molecule has 6 heteroatoms. The summed E-state index contributed by atoms with van der Waals surface area (Å²) < 4.78 is 5.29. The van der Waals surface area contributed by atoms with Crippen LogP contribution in [0.2, 0.25) is 0 Å². The standard InChI is InChI=1S/C19H38N4O.HI/c1-4-20-18(21-15-17-9-6-7-13-23(17)5-2)22-16-19(10-8-11-19)12-14-24-3;/h17H,4-16H2,1-3H3,(H2,20,21,22);1H. The molecule has 2 fully saturated rings. The van der Waals surface area contributed by atoms with E-state index in [1.807, 2.05) is 0 Å². The highest BCUT2D eigenvalue weighted by Crippen LogP contribution is 2.44. The number of guanidine groups is 1. The number of hydrogen-bond donors (Lipinski definition) is 2. The molecule has 2 aliphatic rings. The number of methoxy groups -OCH3 is 1. The molecule has 1 saturated heterocycles. The maximum Gasteiger partial charge on any atom is 0.191 e. The highest BCUT2D eigenvalue weighted by Gasteiger charge is 2.36. The lowest BCUT2D eigenvalue weighted by Crippen LogP contribution is -2.49. The Morgan fingerprint density at radius 1 is 1.20 bits per heavy atom. The molecule has 25 heavy (non-hydrogen) atoms. The second kappa shape index (κ2) is 12.3. The van der Waals surface area contributed by atoms with Crippen LogP contribution in [0.15, 0.2) is 4.99 Å². The van der Waals surface area contributed by atoms with E-state index < -0.39 is 0 Å². The molecule has 2 rings (SSSR count). The zero-order valence-electron chi connectivity index (χ0n) is 16.5. The number of rotatable bonds is 9. The van der Waals surface area contributed by atoms with E-state index in [4.69, 9.17) is 9.73 Å². The lowest BCUT2D eigenvalue weighted by Gasteiger charge is -2.41. The van der Waals surface area contributed by atoms with Gasteiger partial charge >= 0.3 is 0 Å². The minimum atomic E-state index is 0. The van der Waals surface area contributed by atoms with Gasteiger partial charge in [-0.2, -0.15) is 0 Å². The van der Waals surface area contributed by atoms with Gasteiger partial charge in [0.15, 0.2) is 5.96 Å². The van der Waals surface area contributed by atoms with Crippen molar-refractivity contribution in [3.05, 3.63) is 0 Å². The molecule has 1 aliphatic carbocycles. The average Bonchev–Trinajstić information content (AvgIpc) is 2.58. The van der Waals surface area contributed by atoms with Gasteiger partial charge in [0, 0.05) is 39.4 Å². The molecule has 0 aromatic carbocycles. The van der Waals surface area contributed by atoms with Gasteiger partial charge in [0.1, 0.15) is 0 Å². The van der Waals surface area contributed by atoms with Crippen LogP contribution in [0.25, 0.3) is 0 Å². The van der Waals surface area contributed by atoms with Crippen LogP contribution in [-0.2, 0) is 4.74 Å². The van der Waals surface area contributed by atoms with Gasteiger partial charge in [-0.15, -0.1) is 24.0 Å². The number of nitrogens with zero attached hydrogens (tertiary/aromatic N) is 2. The van der Waals surface area contributed by atoms with E-state index >= 15 is 0 Å². The van der Waals surface area contributed by atoms with Crippen LogP contribution in [-0.4, -0.2) is 63.3 Å². The summed E-state index contributed by atoms with van der Waals surface area (Å²) in [6.07, 6.45) is 9.08. The monoisotopic (exact) mass is 466 g/mol. The molecule has 5 nitrogen and oxygen atoms in total. The number of hydrogen-bond acceptors (Lipinski definition) is 3. The Morgan fingerprint density at radius 3 is 2.60 bits per heavy atom. The van der Waals surface area contributed by atoms with E-state index in [9.17, 15) is 0 Å². The minimum absolute atomic E-state index is 0. The van der Waals surface area contributed by atoms with Crippen molar-refractivity contribution in [2.24, 2.45) is 10.4 Å². The Morgan fingerprint density at radius 2 is 2.00 bits per heavy atom. The van der Waals surface area contributed by atoms with Gasteiger partial charge in [-0.1, -0.05) is 19.8 Å². The third kappa shape index (κ3) is 7.21. The van der Waals surface area contributed by atoms with E-state index in [0.29, 0.717) is 11.5 Å². The first-order valence-electron chi connectivity index (χ1n) is 9.98. The molecule has 1 aliphatic heterocycles. The topological polar surface area (TPSA) is 48.9 Å². The summed E-state index contributed by atoms with van der Waals surface area (Å²) in [7, 11) is 1.80. The molecule has 1 saturated carbocycles. The second-order valence-electron chi connectivity index (χ2n) is 7.45. The summed E-state index contributed by atoms with van der Waals surface area (Å²) >= 11 is 0. The maximum atomic E-state index is 5.29. The quantitative estimate of drug-likeness (QED) is 0.311. The first-order valence-corrected chi connectivity index (χ1v) is 9.98. The summed E-state index contributed by atoms with van der Waals surface area (Å²) in [6, 6.07) is 0.652. The van der Waals surface area contributed by atoms with Crippen molar-refractivity contribution in [2.75, 3.05) is 46.4 Å². The molecule has 148 valence electrons. The van der Waals surface area contributed by atoms with Gasteiger partial charge in [-0.05, 0) is 57.5 Å². The van der Waals surface area contributed by atoms with Crippen molar-refractivity contribution in [3.8, 4) is 0 Å². The van der Waals surface area contributed by atoms with Gasteiger partial charge in [-0.3, -0.25) is 9.89 Å². The number of ether oxygens (including phenoxy) is 1. The number of nitrogens with one attached hydrogen (secondary N) is 2. The van der Waals surface area contributed by atoms with Crippen LogP contribution in [0.5, 0.6) is 0 Å². The fraction of sp³-hybridized carbons (Fsp3) is 0.947. The predicted octanol–water partition coefficient (Wildman–Crippen LogP) is 3.24. The van der Waals surface area contributed by atoms with Crippen molar-refractivity contribution in [3.63, 3.8) is 0 Å². The number of likely N-dealkylation sites (N-methyl/N-ethyl adjacent to an activating group) is 1. The Kier molecular flexibility index (Phi) is 11.3. The molecule has 2 N–H and O–H groups in total. The van der Waals surface area contributed by atoms with Crippen LogP contribution < -0.4 is 10.6 Å². The van der Waals surface area contributed by atoms with Crippen LogP contribution in [0, 0.1) is 5.41 Å². The Hall–Kier alpha value is -0.0800. The third-order valence-corrected chi connectivity index (χ3v) is 5.83. The number of piperidine rings is 1. The zero-order valence-corrected chi connectivity index (χ0v) is 18.8. The van der Waals surface area contributed by atoms with Gasteiger partial charge in [0.05, 0.1) is 0 Å². The Bertz CT molecular complexity index is 388. The molecule has 1 heterocycles. The smallest absolute Gasteiger partial charge is 0.191 e.